The summed E-state index contributed by atoms with van der Waals surface area (Å²) in [6, 6.07) is 10.3. The Morgan fingerprint density at radius 3 is 2.62 bits per heavy atom. The van der Waals surface area contributed by atoms with Crippen molar-refractivity contribution in [1.82, 2.24) is 0 Å². The third-order valence-corrected chi connectivity index (χ3v) is 4.08. The normalized spacial score (nSPS) is 14.9. The molecule has 0 aromatic heterocycles. The van der Waals surface area contributed by atoms with Gasteiger partial charge in [0.15, 0.2) is 0 Å². The summed E-state index contributed by atoms with van der Waals surface area (Å²) in [5, 5.41) is 3.61. The Kier molecular flexibility index (Phi) is 4.18. The van der Waals surface area contributed by atoms with Gasteiger partial charge in [-0.15, -0.1) is 0 Å². The molecule has 0 fully saturated rings. The molecule has 0 saturated carbocycles. The number of rotatable bonds is 3. The molecular formula is C17H12FNO4S. The lowest BCUT2D eigenvalue weighted by atomic mass is 10.1. The van der Waals surface area contributed by atoms with Crippen LogP contribution in [-0.2, 0) is 14.9 Å². The van der Waals surface area contributed by atoms with E-state index in [1.807, 2.05) is 0 Å². The van der Waals surface area contributed by atoms with Crippen LogP contribution in [-0.4, -0.2) is 14.3 Å². The van der Waals surface area contributed by atoms with E-state index in [0.717, 1.165) is 5.41 Å². The van der Waals surface area contributed by atoms with Crippen molar-refractivity contribution in [2.24, 2.45) is 0 Å². The van der Waals surface area contributed by atoms with Crippen molar-refractivity contribution in [3.05, 3.63) is 70.9 Å². The van der Waals surface area contributed by atoms with Crippen LogP contribution in [0.4, 0.5) is 10.1 Å². The maximum absolute atomic E-state index is 12.8. The van der Waals surface area contributed by atoms with E-state index in [9.17, 15) is 17.6 Å². The fourth-order valence-electron chi connectivity index (χ4n) is 2.07. The summed E-state index contributed by atoms with van der Waals surface area (Å²) >= 11 is 0. The minimum atomic E-state index is -3.68. The number of hydrogen-bond donors (Lipinski definition) is 1. The summed E-state index contributed by atoms with van der Waals surface area (Å²) in [7, 11) is -3.68. The van der Waals surface area contributed by atoms with Gasteiger partial charge in [0.05, 0.1) is 5.41 Å². The SMILES string of the molecule is O=C(/C=C/c1ccc(F)cc1)Nc1ccc2c(c1)C=CS(=O)(=O)O2. The summed E-state index contributed by atoms with van der Waals surface area (Å²) in [6.45, 7) is 0. The highest BCUT2D eigenvalue weighted by Gasteiger charge is 2.17. The van der Waals surface area contributed by atoms with Gasteiger partial charge in [0, 0.05) is 17.3 Å². The highest BCUT2D eigenvalue weighted by molar-refractivity contribution is 7.90. The molecule has 1 aliphatic heterocycles. The molecule has 3 rings (SSSR count). The second-order valence-electron chi connectivity index (χ2n) is 5.01. The largest absolute Gasteiger partial charge is 0.379 e. The van der Waals surface area contributed by atoms with Crippen LogP contribution in [0.15, 0.2) is 53.9 Å². The molecule has 0 saturated heterocycles. The van der Waals surface area contributed by atoms with E-state index in [2.05, 4.69) is 5.32 Å². The van der Waals surface area contributed by atoms with Gasteiger partial charge in [-0.3, -0.25) is 4.79 Å². The van der Waals surface area contributed by atoms with Crippen molar-refractivity contribution in [3.63, 3.8) is 0 Å². The monoisotopic (exact) mass is 345 g/mol. The van der Waals surface area contributed by atoms with Crippen molar-refractivity contribution in [2.45, 2.75) is 0 Å². The van der Waals surface area contributed by atoms with Crippen molar-refractivity contribution >= 4 is 33.9 Å². The van der Waals surface area contributed by atoms with Gasteiger partial charge in [0.1, 0.15) is 11.6 Å². The third kappa shape index (κ3) is 3.88. The van der Waals surface area contributed by atoms with Gasteiger partial charge in [-0.05, 0) is 48.0 Å². The molecule has 0 bridgehead atoms. The number of anilines is 1. The molecule has 2 aromatic rings. The maximum Gasteiger partial charge on any atom is 0.332 e. The standard InChI is InChI=1S/C17H12FNO4S/c18-14-4-1-12(2-5-14)3-8-17(20)19-15-6-7-16-13(11-15)9-10-24(21,22)23-16/h1-11H,(H,19,20)/b8-3+. The first-order valence-electron chi connectivity index (χ1n) is 6.93. The summed E-state index contributed by atoms with van der Waals surface area (Å²) < 4.78 is 40.2. The molecule has 1 N–H and O–H groups in total. The summed E-state index contributed by atoms with van der Waals surface area (Å²) in [6.07, 6.45) is 4.28. The molecular weight excluding hydrogens is 333 g/mol. The predicted octanol–water partition coefficient (Wildman–Crippen LogP) is 3.17. The molecule has 7 heteroatoms. The van der Waals surface area contributed by atoms with Crippen LogP contribution in [0.3, 0.4) is 0 Å². The molecule has 0 radical (unpaired) electrons. The smallest absolute Gasteiger partial charge is 0.332 e. The lowest BCUT2D eigenvalue weighted by molar-refractivity contribution is -0.111. The Hall–Kier alpha value is -2.93. The molecule has 24 heavy (non-hydrogen) atoms. The quantitative estimate of drug-likeness (QED) is 0.685. The van der Waals surface area contributed by atoms with E-state index in [1.165, 1.54) is 36.4 Å². The fraction of sp³-hybridized carbons (Fsp3) is 0. The zero-order chi connectivity index (χ0) is 17.2. The van der Waals surface area contributed by atoms with Gasteiger partial charge in [-0.2, -0.15) is 8.42 Å². The highest BCUT2D eigenvalue weighted by atomic mass is 32.2. The van der Waals surface area contributed by atoms with Crippen molar-refractivity contribution in [2.75, 3.05) is 5.32 Å². The van der Waals surface area contributed by atoms with Gasteiger partial charge >= 0.3 is 10.1 Å². The molecule has 122 valence electrons. The molecule has 0 atom stereocenters. The van der Waals surface area contributed by atoms with E-state index in [1.54, 1.807) is 24.3 Å². The molecule has 0 aliphatic carbocycles. The number of carbonyl (C=O) groups is 1. The molecule has 1 heterocycles. The minimum Gasteiger partial charge on any atom is -0.379 e. The number of hydrogen-bond acceptors (Lipinski definition) is 4. The Labute approximate surface area is 138 Å². The maximum atomic E-state index is 12.8. The first-order valence-corrected chi connectivity index (χ1v) is 8.40. The Balaban J connectivity index is 1.70. The average molecular weight is 345 g/mol. The topological polar surface area (TPSA) is 72.5 Å². The van der Waals surface area contributed by atoms with E-state index >= 15 is 0 Å². The number of carbonyl (C=O) groups excluding carboxylic acids is 1. The van der Waals surface area contributed by atoms with Crippen LogP contribution in [0, 0.1) is 5.82 Å². The van der Waals surface area contributed by atoms with Crippen LogP contribution in [0.25, 0.3) is 12.2 Å². The molecule has 0 unspecified atom stereocenters. The van der Waals surface area contributed by atoms with E-state index in [4.69, 9.17) is 4.18 Å². The van der Waals surface area contributed by atoms with Crippen LogP contribution in [0.5, 0.6) is 5.75 Å². The van der Waals surface area contributed by atoms with Crippen LogP contribution in [0.2, 0.25) is 0 Å². The molecule has 0 spiro atoms. The van der Waals surface area contributed by atoms with Crippen LogP contribution in [0.1, 0.15) is 11.1 Å². The average Bonchev–Trinajstić information content (AvgIpc) is 2.54. The summed E-state index contributed by atoms with van der Waals surface area (Å²) in [5.74, 6) is -0.507. The fourth-order valence-corrected chi connectivity index (χ4v) is 2.84. The number of benzene rings is 2. The number of fused-ring (bicyclic) bond motifs is 1. The first-order chi connectivity index (χ1) is 11.4. The van der Waals surface area contributed by atoms with Crippen LogP contribution >= 0.6 is 0 Å². The van der Waals surface area contributed by atoms with Gasteiger partial charge in [-0.25, -0.2) is 4.39 Å². The van der Waals surface area contributed by atoms with E-state index in [-0.39, 0.29) is 17.5 Å². The Bertz CT molecular complexity index is 947. The molecule has 1 aliphatic rings. The number of amides is 1. The van der Waals surface area contributed by atoms with Gasteiger partial charge in [0.25, 0.3) is 0 Å². The number of halogens is 1. The lowest BCUT2D eigenvalue weighted by Gasteiger charge is -2.13. The molecule has 2 aromatic carbocycles. The van der Waals surface area contributed by atoms with E-state index in [0.29, 0.717) is 16.8 Å². The van der Waals surface area contributed by atoms with Gasteiger partial charge in [0.2, 0.25) is 5.91 Å². The third-order valence-electron chi connectivity index (χ3n) is 3.19. The lowest BCUT2D eigenvalue weighted by Crippen LogP contribution is -2.11. The summed E-state index contributed by atoms with van der Waals surface area (Å²) in [4.78, 5) is 11.9. The van der Waals surface area contributed by atoms with Gasteiger partial charge in [-0.1, -0.05) is 12.1 Å². The second-order valence-corrected chi connectivity index (χ2v) is 6.43. The second kappa shape index (κ2) is 6.29. The van der Waals surface area contributed by atoms with Crippen molar-refractivity contribution in [1.29, 1.82) is 0 Å². The van der Waals surface area contributed by atoms with Crippen molar-refractivity contribution in [3.8, 4) is 5.75 Å². The molecule has 1 amide bonds. The Morgan fingerprint density at radius 2 is 1.88 bits per heavy atom. The Morgan fingerprint density at radius 1 is 1.12 bits per heavy atom. The zero-order valence-electron chi connectivity index (χ0n) is 12.3. The van der Waals surface area contributed by atoms with Crippen molar-refractivity contribution < 1.29 is 21.8 Å². The number of nitrogens with one attached hydrogen (secondary N) is 1. The molecule has 5 nitrogen and oxygen atoms in total. The zero-order valence-corrected chi connectivity index (χ0v) is 13.1. The highest BCUT2D eigenvalue weighted by Crippen LogP contribution is 2.29. The predicted molar refractivity (Wildman–Crippen MR) is 89.1 cm³/mol. The summed E-state index contributed by atoms with van der Waals surface area (Å²) in [5.41, 5.74) is 1.73. The minimum absolute atomic E-state index is 0.206. The van der Waals surface area contributed by atoms with Crippen LogP contribution < -0.4 is 9.50 Å². The van der Waals surface area contributed by atoms with Gasteiger partial charge < -0.3 is 9.50 Å². The first kappa shape index (κ1) is 15.9. The van der Waals surface area contributed by atoms with E-state index < -0.39 is 10.1 Å².